The second-order valence-electron chi connectivity index (χ2n) is 6.93. The molecule has 2 aromatic carbocycles. The molecular weight excluding hydrogens is 396 g/mol. The maximum Gasteiger partial charge on any atom is 0.329 e. The largest absolute Gasteiger partial charge is 0.497 e. The predicted molar refractivity (Wildman–Crippen MR) is 116 cm³/mol. The monoisotopic (exact) mass is 416 g/mol. The van der Waals surface area contributed by atoms with E-state index in [4.69, 9.17) is 4.74 Å². The van der Waals surface area contributed by atoms with Crippen LogP contribution in [0.2, 0.25) is 0 Å². The van der Waals surface area contributed by atoms with Crippen LogP contribution in [0.5, 0.6) is 5.75 Å². The molecule has 1 amide bonds. The van der Waals surface area contributed by atoms with Gasteiger partial charge in [-0.05, 0) is 48.0 Å². The van der Waals surface area contributed by atoms with Crippen molar-refractivity contribution >= 4 is 16.8 Å². The summed E-state index contributed by atoms with van der Waals surface area (Å²) in [5.74, 6) is 0.369. The van der Waals surface area contributed by atoms with Crippen LogP contribution >= 0.6 is 0 Å². The Morgan fingerprint density at radius 3 is 2.61 bits per heavy atom. The molecule has 0 saturated heterocycles. The third-order valence-corrected chi connectivity index (χ3v) is 4.90. The molecule has 0 unspecified atom stereocenters. The fourth-order valence-electron chi connectivity index (χ4n) is 3.23. The number of hydrogen-bond acceptors (Lipinski definition) is 5. The van der Waals surface area contributed by atoms with Gasteiger partial charge in [-0.3, -0.25) is 19.1 Å². The van der Waals surface area contributed by atoms with Crippen molar-refractivity contribution < 1.29 is 9.53 Å². The number of aromatic nitrogens is 3. The summed E-state index contributed by atoms with van der Waals surface area (Å²) in [4.78, 5) is 44.8. The molecule has 8 nitrogen and oxygen atoms in total. The van der Waals surface area contributed by atoms with Crippen molar-refractivity contribution in [3.63, 3.8) is 0 Å². The first-order valence-corrected chi connectivity index (χ1v) is 9.63. The van der Waals surface area contributed by atoms with Crippen LogP contribution in [0.4, 0.5) is 0 Å². The Morgan fingerprint density at radius 2 is 1.90 bits per heavy atom. The van der Waals surface area contributed by atoms with Crippen LogP contribution in [-0.2, 0) is 13.1 Å². The van der Waals surface area contributed by atoms with E-state index in [1.54, 1.807) is 55.8 Å². The summed E-state index contributed by atoms with van der Waals surface area (Å²) in [6.45, 7) is 0.401. The number of benzene rings is 2. The Bertz CT molecular complexity index is 1340. The van der Waals surface area contributed by atoms with Crippen LogP contribution in [0.25, 0.3) is 10.9 Å². The number of amides is 1. The zero-order chi connectivity index (χ0) is 21.8. The lowest BCUT2D eigenvalue weighted by Gasteiger charge is -2.09. The third-order valence-electron chi connectivity index (χ3n) is 4.90. The van der Waals surface area contributed by atoms with E-state index < -0.39 is 11.2 Å². The van der Waals surface area contributed by atoms with Crippen molar-refractivity contribution in [1.29, 1.82) is 0 Å². The zero-order valence-corrected chi connectivity index (χ0v) is 16.8. The van der Waals surface area contributed by atoms with Crippen LogP contribution in [0.15, 0.2) is 76.4 Å². The van der Waals surface area contributed by atoms with E-state index in [9.17, 15) is 14.4 Å². The molecule has 4 aromatic rings. The lowest BCUT2D eigenvalue weighted by atomic mass is 10.1. The van der Waals surface area contributed by atoms with E-state index in [0.29, 0.717) is 22.2 Å². The Morgan fingerprint density at radius 1 is 1.10 bits per heavy atom. The number of nitrogens with one attached hydrogen (secondary N) is 2. The van der Waals surface area contributed by atoms with Gasteiger partial charge >= 0.3 is 5.69 Å². The van der Waals surface area contributed by atoms with Gasteiger partial charge in [-0.1, -0.05) is 18.2 Å². The van der Waals surface area contributed by atoms with E-state index in [2.05, 4.69) is 15.3 Å². The van der Waals surface area contributed by atoms with Crippen molar-refractivity contribution in [3.05, 3.63) is 105 Å². The normalized spacial score (nSPS) is 10.7. The van der Waals surface area contributed by atoms with Gasteiger partial charge in [-0.15, -0.1) is 0 Å². The lowest BCUT2D eigenvalue weighted by Crippen LogP contribution is -2.35. The molecule has 156 valence electrons. The van der Waals surface area contributed by atoms with E-state index in [0.717, 1.165) is 15.8 Å². The summed E-state index contributed by atoms with van der Waals surface area (Å²) in [5, 5.41) is 3.10. The van der Waals surface area contributed by atoms with Gasteiger partial charge in [0.25, 0.3) is 11.5 Å². The van der Waals surface area contributed by atoms with Gasteiger partial charge in [-0.25, -0.2) is 4.79 Å². The summed E-state index contributed by atoms with van der Waals surface area (Å²) in [5.41, 5.74) is 1.21. The number of pyridine rings is 1. The summed E-state index contributed by atoms with van der Waals surface area (Å²) in [7, 11) is 1.57. The Hall–Kier alpha value is -4.20. The van der Waals surface area contributed by atoms with Crippen molar-refractivity contribution in [2.75, 3.05) is 7.11 Å². The number of aromatic amines is 1. The number of nitrogens with zero attached hydrogens (tertiary/aromatic N) is 2. The summed E-state index contributed by atoms with van der Waals surface area (Å²) >= 11 is 0. The van der Waals surface area contributed by atoms with Gasteiger partial charge in [0.15, 0.2) is 0 Å². The molecule has 4 rings (SSSR count). The smallest absolute Gasteiger partial charge is 0.329 e. The molecule has 8 heteroatoms. The molecular formula is C23H20N4O4. The minimum absolute atomic E-state index is 0.125. The van der Waals surface area contributed by atoms with Gasteiger partial charge in [0.05, 0.1) is 36.8 Å². The van der Waals surface area contributed by atoms with Crippen molar-refractivity contribution in [3.8, 4) is 5.75 Å². The molecule has 0 radical (unpaired) electrons. The number of methoxy groups -OCH3 is 1. The van der Waals surface area contributed by atoms with Crippen LogP contribution in [-0.4, -0.2) is 27.6 Å². The van der Waals surface area contributed by atoms with E-state index in [-0.39, 0.29) is 19.0 Å². The molecule has 0 aliphatic carbocycles. The van der Waals surface area contributed by atoms with Gasteiger partial charge < -0.3 is 15.0 Å². The first kappa shape index (κ1) is 20.1. The number of H-pyrrole nitrogens is 1. The zero-order valence-electron chi connectivity index (χ0n) is 16.8. The Labute approximate surface area is 177 Å². The van der Waals surface area contributed by atoms with E-state index in [1.807, 2.05) is 12.1 Å². The molecule has 0 bridgehead atoms. The number of fused-ring (bicyclic) bond motifs is 1. The average molecular weight is 416 g/mol. The molecule has 31 heavy (non-hydrogen) atoms. The first-order chi connectivity index (χ1) is 15.0. The molecule has 2 N–H and O–H groups in total. The lowest BCUT2D eigenvalue weighted by molar-refractivity contribution is 0.0950. The highest BCUT2D eigenvalue weighted by Crippen LogP contribution is 2.13. The van der Waals surface area contributed by atoms with Gasteiger partial charge in [0.1, 0.15) is 5.75 Å². The predicted octanol–water partition coefficient (Wildman–Crippen LogP) is 2.07. The van der Waals surface area contributed by atoms with Crippen LogP contribution < -0.4 is 21.3 Å². The molecule has 0 aliphatic rings. The molecule has 0 fully saturated rings. The molecule has 2 heterocycles. The third kappa shape index (κ3) is 4.37. The molecule has 2 aromatic heterocycles. The fourth-order valence-corrected chi connectivity index (χ4v) is 3.23. The number of rotatable bonds is 6. The maximum absolute atomic E-state index is 12.9. The summed E-state index contributed by atoms with van der Waals surface area (Å²) in [6, 6.07) is 17.2. The maximum atomic E-state index is 12.9. The number of carbonyl (C=O) groups excluding carboxylic acids is 1. The number of carbonyl (C=O) groups is 1. The fraction of sp³-hybridized carbons (Fsp3) is 0.130. The van der Waals surface area contributed by atoms with E-state index in [1.165, 1.54) is 6.07 Å². The second kappa shape index (κ2) is 8.66. The average Bonchev–Trinajstić information content (AvgIpc) is 2.81. The summed E-state index contributed by atoms with van der Waals surface area (Å²) in [6.07, 6.45) is 1.65. The minimum atomic E-state index is -0.542. The highest BCUT2D eigenvalue weighted by Gasteiger charge is 2.12. The van der Waals surface area contributed by atoms with Gasteiger partial charge in [0, 0.05) is 11.8 Å². The Balaban J connectivity index is 1.59. The number of ether oxygens (including phenoxy) is 1. The van der Waals surface area contributed by atoms with Gasteiger partial charge in [0.2, 0.25) is 0 Å². The highest BCUT2D eigenvalue weighted by atomic mass is 16.5. The Kier molecular flexibility index (Phi) is 5.61. The molecule has 0 spiro atoms. The van der Waals surface area contributed by atoms with Crippen molar-refractivity contribution in [1.82, 2.24) is 19.9 Å². The minimum Gasteiger partial charge on any atom is -0.497 e. The van der Waals surface area contributed by atoms with Crippen LogP contribution in [0.1, 0.15) is 21.6 Å². The summed E-state index contributed by atoms with van der Waals surface area (Å²) < 4.78 is 6.25. The second-order valence-corrected chi connectivity index (χ2v) is 6.93. The van der Waals surface area contributed by atoms with Crippen molar-refractivity contribution in [2.24, 2.45) is 0 Å². The first-order valence-electron chi connectivity index (χ1n) is 9.63. The standard InChI is InChI=1S/C23H20N4O4/c1-31-18-8-5-15(6-9-18)14-27-22(29)19-10-7-16(12-20(19)26-23(27)30)21(28)25-13-17-4-2-3-11-24-17/h2-12H,13-14H2,1H3,(H,25,28)(H,26,30). The molecule has 0 aliphatic heterocycles. The van der Waals surface area contributed by atoms with Crippen LogP contribution in [0.3, 0.4) is 0 Å². The molecule has 0 atom stereocenters. The quantitative estimate of drug-likeness (QED) is 0.501. The molecule has 0 saturated carbocycles. The van der Waals surface area contributed by atoms with Crippen LogP contribution in [0, 0.1) is 0 Å². The van der Waals surface area contributed by atoms with E-state index >= 15 is 0 Å². The SMILES string of the molecule is COc1ccc(Cn2c(=O)[nH]c3cc(C(=O)NCc4ccccn4)ccc3c2=O)cc1. The number of hydrogen-bond donors (Lipinski definition) is 2. The topological polar surface area (TPSA) is 106 Å². The van der Waals surface area contributed by atoms with Gasteiger partial charge in [-0.2, -0.15) is 0 Å². The van der Waals surface area contributed by atoms with Crippen molar-refractivity contribution in [2.45, 2.75) is 13.1 Å². The highest BCUT2D eigenvalue weighted by molar-refractivity contribution is 5.97.